The molecule has 9 atom stereocenters. The highest BCUT2D eigenvalue weighted by Crippen LogP contribution is 2.76. The Bertz CT molecular complexity index is 1310. The van der Waals surface area contributed by atoms with Gasteiger partial charge in [0.15, 0.2) is 5.13 Å². The minimum absolute atomic E-state index is 0.0256. The maximum absolute atomic E-state index is 12.9. The van der Waals surface area contributed by atoms with Crippen molar-refractivity contribution < 1.29 is 14.6 Å². The summed E-state index contributed by atoms with van der Waals surface area (Å²) in [5.74, 6) is 1.23. The Labute approximate surface area is 250 Å². The standard InChI is InChI=1S/C35H50N2O3S/c1-21(2)22-10-13-35(29(38)39)15-14-33(6)23(27(22)35)8-9-26-32(5)20-24-28(31(3,4)25(32)11-12-34(26,33)7)36-30(41-24)37-16-18-40-19-17-37/h8-9,22-23,25-27H,1,10-20H2,2-7H3,(H,38,39)/t22-,23+,25-,26+,27+,32-,33+,34+,35-/m0/s1. The number of carboxylic acid groups (broad SMARTS) is 1. The topological polar surface area (TPSA) is 62.7 Å². The minimum atomic E-state index is -0.595. The summed E-state index contributed by atoms with van der Waals surface area (Å²) in [5, 5.41) is 11.8. The lowest BCUT2D eigenvalue weighted by Crippen LogP contribution is -2.65. The second kappa shape index (κ2) is 8.94. The van der Waals surface area contributed by atoms with Gasteiger partial charge in [-0.2, -0.15) is 0 Å². The quantitative estimate of drug-likeness (QED) is 0.376. The van der Waals surface area contributed by atoms with E-state index in [2.05, 4.69) is 65.2 Å². The highest BCUT2D eigenvalue weighted by atomic mass is 32.1. The van der Waals surface area contributed by atoms with Crippen molar-refractivity contribution in [3.05, 3.63) is 34.9 Å². The molecule has 0 aromatic carbocycles. The van der Waals surface area contributed by atoms with E-state index in [4.69, 9.17) is 9.72 Å². The fraction of sp³-hybridized carbons (Fsp3) is 0.771. The second-order valence-electron chi connectivity index (χ2n) is 16.1. The van der Waals surface area contributed by atoms with Crippen LogP contribution < -0.4 is 4.90 Å². The molecule has 41 heavy (non-hydrogen) atoms. The molecule has 4 fully saturated rings. The number of morpholine rings is 1. The molecule has 1 saturated heterocycles. The van der Waals surface area contributed by atoms with Crippen LogP contribution in [0.15, 0.2) is 24.3 Å². The Balaban J connectivity index is 1.30. The average Bonchev–Trinajstić information content (AvgIpc) is 3.53. The smallest absolute Gasteiger partial charge is 0.309 e. The van der Waals surface area contributed by atoms with Crippen molar-refractivity contribution in [1.29, 1.82) is 0 Å². The SMILES string of the molecule is C=C(C)[C@@H]1CC[C@]2(C(=O)O)CC[C@]3(C)[C@H](C=C[C@@H]4[C@@]5(C)Cc6sc(N7CCOCC7)nc6C(C)(C)[C@@H]5CC[C@]43C)[C@@H]12. The van der Waals surface area contributed by atoms with Gasteiger partial charge in [0, 0.05) is 23.4 Å². The van der Waals surface area contributed by atoms with Crippen LogP contribution in [-0.2, 0) is 21.4 Å². The third-order valence-electron chi connectivity index (χ3n) is 14.2. The summed E-state index contributed by atoms with van der Waals surface area (Å²) in [6.07, 6.45) is 12.3. The summed E-state index contributed by atoms with van der Waals surface area (Å²) in [6.45, 7) is 22.6. The number of carbonyl (C=O) groups is 1. The maximum atomic E-state index is 12.9. The fourth-order valence-corrected chi connectivity index (χ4v) is 13.4. The van der Waals surface area contributed by atoms with Crippen LogP contribution in [-0.4, -0.2) is 42.4 Å². The first kappa shape index (κ1) is 28.1. The highest BCUT2D eigenvalue weighted by molar-refractivity contribution is 7.15. The maximum Gasteiger partial charge on any atom is 0.309 e. The van der Waals surface area contributed by atoms with Gasteiger partial charge in [0.1, 0.15) is 0 Å². The van der Waals surface area contributed by atoms with Crippen LogP contribution >= 0.6 is 11.3 Å². The third-order valence-corrected chi connectivity index (χ3v) is 15.3. The summed E-state index contributed by atoms with van der Waals surface area (Å²) < 4.78 is 5.64. The van der Waals surface area contributed by atoms with Crippen LogP contribution in [0, 0.1) is 51.2 Å². The predicted molar refractivity (Wildman–Crippen MR) is 165 cm³/mol. The number of carboxylic acids is 1. The number of anilines is 1. The molecule has 1 N–H and O–H groups in total. The van der Waals surface area contributed by atoms with Gasteiger partial charge in [-0.25, -0.2) is 4.98 Å². The second-order valence-corrected chi connectivity index (χ2v) is 17.1. The molecule has 1 aromatic rings. The number of allylic oxidation sites excluding steroid dienone is 3. The summed E-state index contributed by atoms with van der Waals surface area (Å²) in [6, 6.07) is 0. The summed E-state index contributed by atoms with van der Waals surface area (Å²) >= 11 is 1.94. The molecular formula is C35H50N2O3S. The van der Waals surface area contributed by atoms with Crippen LogP contribution in [0.3, 0.4) is 0 Å². The molecule has 6 heteroatoms. The fourth-order valence-electron chi connectivity index (χ4n) is 11.9. The van der Waals surface area contributed by atoms with E-state index in [0.717, 1.165) is 58.4 Å². The number of ether oxygens (including phenoxy) is 1. The molecule has 7 rings (SSSR count). The largest absolute Gasteiger partial charge is 0.481 e. The summed E-state index contributed by atoms with van der Waals surface area (Å²) in [7, 11) is 0. The number of aromatic nitrogens is 1. The molecule has 224 valence electrons. The van der Waals surface area contributed by atoms with E-state index in [0.29, 0.717) is 23.7 Å². The number of aliphatic carboxylic acids is 1. The van der Waals surface area contributed by atoms with Crippen LogP contribution in [0.1, 0.15) is 90.6 Å². The number of fused-ring (bicyclic) bond motifs is 8. The predicted octanol–water partition coefficient (Wildman–Crippen LogP) is 7.51. The molecule has 3 saturated carbocycles. The van der Waals surface area contributed by atoms with E-state index >= 15 is 0 Å². The molecule has 0 radical (unpaired) electrons. The van der Waals surface area contributed by atoms with Gasteiger partial charge in [-0.15, -0.1) is 11.3 Å². The Morgan fingerprint density at radius 2 is 1.78 bits per heavy atom. The van der Waals surface area contributed by atoms with E-state index < -0.39 is 11.4 Å². The molecule has 1 aromatic heterocycles. The Kier molecular flexibility index (Phi) is 6.13. The highest BCUT2D eigenvalue weighted by Gasteiger charge is 2.71. The van der Waals surface area contributed by atoms with Gasteiger partial charge >= 0.3 is 5.97 Å². The van der Waals surface area contributed by atoms with Crippen molar-refractivity contribution >= 4 is 22.4 Å². The normalized spacial score (nSPS) is 46.1. The van der Waals surface area contributed by atoms with Crippen LogP contribution in [0.5, 0.6) is 0 Å². The molecule has 0 bridgehead atoms. The molecule has 0 unspecified atom stereocenters. The third kappa shape index (κ3) is 3.50. The number of thiazole rings is 1. The van der Waals surface area contributed by atoms with Gasteiger partial charge in [0.05, 0.1) is 24.3 Å². The van der Waals surface area contributed by atoms with Crippen molar-refractivity contribution in [2.75, 3.05) is 31.2 Å². The van der Waals surface area contributed by atoms with Crippen molar-refractivity contribution in [3.8, 4) is 0 Å². The van der Waals surface area contributed by atoms with Crippen LogP contribution in [0.4, 0.5) is 5.13 Å². The van der Waals surface area contributed by atoms with Crippen LogP contribution in [0.25, 0.3) is 0 Å². The van der Waals surface area contributed by atoms with E-state index in [1.807, 2.05) is 11.3 Å². The van der Waals surface area contributed by atoms with Gasteiger partial charge in [-0.05, 0) is 97.7 Å². The van der Waals surface area contributed by atoms with E-state index in [1.54, 1.807) is 0 Å². The number of hydrogen-bond donors (Lipinski definition) is 1. The number of rotatable bonds is 3. The molecule has 5 nitrogen and oxygen atoms in total. The lowest BCUT2D eigenvalue weighted by molar-refractivity contribution is -0.190. The number of hydrogen-bond acceptors (Lipinski definition) is 5. The van der Waals surface area contributed by atoms with Crippen molar-refractivity contribution in [3.63, 3.8) is 0 Å². The van der Waals surface area contributed by atoms with Gasteiger partial charge < -0.3 is 14.7 Å². The lowest BCUT2D eigenvalue weighted by atomic mass is 9.34. The summed E-state index contributed by atoms with van der Waals surface area (Å²) in [5.41, 5.74) is 2.32. The molecular weight excluding hydrogens is 528 g/mol. The molecule has 0 amide bonds. The zero-order valence-corrected chi connectivity index (χ0v) is 26.9. The zero-order valence-electron chi connectivity index (χ0n) is 26.1. The Morgan fingerprint density at radius 3 is 2.46 bits per heavy atom. The molecule has 2 heterocycles. The first-order valence-electron chi connectivity index (χ1n) is 16.2. The van der Waals surface area contributed by atoms with Gasteiger partial charge in [0.25, 0.3) is 0 Å². The van der Waals surface area contributed by atoms with Crippen molar-refractivity contribution in [1.82, 2.24) is 4.98 Å². The van der Waals surface area contributed by atoms with Gasteiger partial charge in [0.2, 0.25) is 0 Å². The van der Waals surface area contributed by atoms with Gasteiger partial charge in [-0.1, -0.05) is 58.9 Å². The van der Waals surface area contributed by atoms with Crippen molar-refractivity contribution in [2.45, 2.75) is 91.9 Å². The zero-order chi connectivity index (χ0) is 29.2. The minimum Gasteiger partial charge on any atom is -0.481 e. The van der Waals surface area contributed by atoms with E-state index in [1.165, 1.54) is 34.1 Å². The first-order chi connectivity index (χ1) is 19.3. The molecule has 0 spiro atoms. The monoisotopic (exact) mass is 578 g/mol. The molecule has 5 aliphatic carbocycles. The Morgan fingerprint density at radius 1 is 1.05 bits per heavy atom. The summed E-state index contributed by atoms with van der Waals surface area (Å²) in [4.78, 5) is 22.2. The lowest BCUT2D eigenvalue weighted by Gasteiger charge is -2.70. The van der Waals surface area contributed by atoms with Crippen LogP contribution in [0.2, 0.25) is 0 Å². The Hall–Kier alpha value is -1.66. The molecule has 6 aliphatic rings. The molecule has 1 aliphatic heterocycles. The van der Waals surface area contributed by atoms with E-state index in [9.17, 15) is 9.90 Å². The van der Waals surface area contributed by atoms with E-state index in [-0.39, 0.29) is 27.6 Å². The van der Waals surface area contributed by atoms with Gasteiger partial charge in [-0.3, -0.25) is 4.79 Å². The first-order valence-corrected chi connectivity index (χ1v) is 17.0. The average molecular weight is 579 g/mol. The number of nitrogens with zero attached hydrogens (tertiary/aromatic N) is 2. The van der Waals surface area contributed by atoms with Crippen molar-refractivity contribution in [2.24, 2.45) is 51.2 Å².